The molecule has 58 heavy (non-hydrogen) atoms. The van der Waals surface area contributed by atoms with Gasteiger partial charge in [-0.1, -0.05) is 145 Å². The van der Waals surface area contributed by atoms with Crippen LogP contribution in [-0.2, 0) is 0 Å². The van der Waals surface area contributed by atoms with Gasteiger partial charge < -0.3 is 13.4 Å². The van der Waals surface area contributed by atoms with Gasteiger partial charge in [0.2, 0.25) is 0 Å². The molecular weight excluding hydrogens is 723 g/mol. The van der Waals surface area contributed by atoms with E-state index in [1.54, 1.807) is 0 Å². The SMILES string of the molecule is C1=CCCC([Si](c2ccccc2)(c2ccccc2)c2ccc3oc4ccc(-n5c6ccccc6c6cc(-c7ccc8oc9ccccc9c8c7)ccc65)cc4c3c2)=C1. The fraction of sp³-hybridized carbons (Fsp3) is 0.0370. The second kappa shape index (κ2) is 13.0. The van der Waals surface area contributed by atoms with Gasteiger partial charge in [0.05, 0.1) is 11.0 Å². The summed E-state index contributed by atoms with van der Waals surface area (Å²) in [7, 11) is -2.64. The van der Waals surface area contributed by atoms with Crippen molar-refractivity contribution < 1.29 is 8.83 Å². The van der Waals surface area contributed by atoms with E-state index in [1.165, 1.54) is 53.7 Å². The van der Waals surface area contributed by atoms with Gasteiger partial charge in [-0.05, 0) is 100 Å². The van der Waals surface area contributed by atoms with Gasteiger partial charge in [0.25, 0.3) is 0 Å². The Hall–Kier alpha value is -7.14. The van der Waals surface area contributed by atoms with E-state index in [9.17, 15) is 0 Å². The molecule has 0 unspecified atom stereocenters. The van der Waals surface area contributed by atoms with Crippen LogP contribution in [0.3, 0.4) is 0 Å². The predicted octanol–water partition coefficient (Wildman–Crippen LogP) is 12.5. The van der Waals surface area contributed by atoms with Gasteiger partial charge in [-0.3, -0.25) is 0 Å². The van der Waals surface area contributed by atoms with E-state index in [0.29, 0.717) is 0 Å². The Morgan fingerprint density at radius 1 is 0.414 bits per heavy atom. The number of fused-ring (bicyclic) bond motifs is 9. The predicted molar refractivity (Wildman–Crippen MR) is 245 cm³/mol. The van der Waals surface area contributed by atoms with Crippen molar-refractivity contribution in [1.82, 2.24) is 4.57 Å². The molecule has 8 aromatic carbocycles. The maximum atomic E-state index is 6.61. The van der Waals surface area contributed by atoms with Crippen molar-refractivity contribution in [1.29, 1.82) is 0 Å². The molecule has 11 aromatic rings. The summed E-state index contributed by atoms with van der Waals surface area (Å²) in [5.74, 6) is 0. The largest absolute Gasteiger partial charge is 0.456 e. The number of allylic oxidation sites excluding steroid dienone is 4. The van der Waals surface area contributed by atoms with Crippen molar-refractivity contribution >= 4 is 89.3 Å². The highest BCUT2D eigenvalue weighted by molar-refractivity contribution is 7.16. The first-order valence-corrected chi connectivity index (χ1v) is 22.1. The Kier molecular flexibility index (Phi) is 7.38. The molecule has 12 rings (SSSR count). The number of hydrogen-bond acceptors (Lipinski definition) is 2. The van der Waals surface area contributed by atoms with Crippen LogP contribution in [0.25, 0.3) is 82.5 Å². The summed E-state index contributed by atoms with van der Waals surface area (Å²) in [4.78, 5) is 0. The summed E-state index contributed by atoms with van der Waals surface area (Å²) in [5.41, 5.74) is 9.44. The van der Waals surface area contributed by atoms with Crippen molar-refractivity contribution in [3.63, 3.8) is 0 Å². The maximum absolute atomic E-state index is 6.61. The van der Waals surface area contributed by atoms with Gasteiger partial charge in [-0.2, -0.15) is 0 Å². The van der Waals surface area contributed by atoms with Crippen LogP contribution in [0.15, 0.2) is 214 Å². The molecule has 0 N–H and O–H groups in total. The summed E-state index contributed by atoms with van der Waals surface area (Å²) >= 11 is 0. The Balaban J connectivity index is 1.05. The topological polar surface area (TPSA) is 31.2 Å². The fourth-order valence-corrected chi connectivity index (χ4v) is 14.9. The molecule has 0 atom stereocenters. The lowest BCUT2D eigenvalue weighted by Gasteiger charge is -2.37. The highest BCUT2D eigenvalue weighted by Crippen LogP contribution is 2.39. The zero-order chi connectivity index (χ0) is 38.2. The quantitative estimate of drug-likeness (QED) is 0.125. The van der Waals surface area contributed by atoms with Gasteiger partial charge >= 0.3 is 0 Å². The molecule has 3 heterocycles. The number of hydrogen-bond donors (Lipinski definition) is 0. The molecular formula is C54H37NO2Si. The monoisotopic (exact) mass is 759 g/mol. The fourth-order valence-electron chi connectivity index (χ4n) is 9.82. The summed E-state index contributed by atoms with van der Waals surface area (Å²) in [6.07, 6.45) is 9.06. The van der Waals surface area contributed by atoms with E-state index in [1.807, 2.05) is 12.1 Å². The molecule has 0 bridgehead atoms. The van der Waals surface area contributed by atoms with Crippen molar-refractivity contribution in [2.24, 2.45) is 0 Å². The first-order chi connectivity index (χ1) is 28.7. The lowest BCUT2D eigenvalue weighted by Crippen LogP contribution is -2.68. The van der Waals surface area contributed by atoms with Gasteiger partial charge in [0.15, 0.2) is 8.07 Å². The van der Waals surface area contributed by atoms with Crippen molar-refractivity contribution in [2.45, 2.75) is 12.8 Å². The normalized spacial score (nSPS) is 13.4. The number of para-hydroxylation sites is 2. The zero-order valence-corrected chi connectivity index (χ0v) is 32.7. The molecule has 3 nitrogen and oxygen atoms in total. The Bertz CT molecular complexity index is 3420. The highest BCUT2D eigenvalue weighted by Gasteiger charge is 2.43. The number of aromatic nitrogens is 1. The Morgan fingerprint density at radius 3 is 1.72 bits per heavy atom. The minimum absolute atomic E-state index is 0.896. The lowest BCUT2D eigenvalue weighted by molar-refractivity contribution is 0.668. The Labute approximate surface area is 336 Å². The molecule has 1 aliphatic carbocycles. The highest BCUT2D eigenvalue weighted by atomic mass is 28.3. The van der Waals surface area contributed by atoms with Crippen LogP contribution in [0, 0.1) is 0 Å². The molecule has 0 amide bonds. The van der Waals surface area contributed by atoms with Crippen molar-refractivity contribution in [2.75, 3.05) is 0 Å². The molecule has 0 spiro atoms. The number of benzene rings is 8. The molecule has 0 aliphatic heterocycles. The summed E-state index contributed by atoms with van der Waals surface area (Å²) in [6, 6.07) is 66.6. The van der Waals surface area contributed by atoms with Gasteiger partial charge in [0.1, 0.15) is 22.3 Å². The van der Waals surface area contributed by atoms with E-state index in [-0.39, 0.29) is 0 Å². The zero-order valence-electron chi connectivity index (χ0n) is 31.7. The van der Waals surface area contributed by atoms with Gasteiger partial charge in [-0.15, -0.1) is 0 Å². The van der Waals surface area contributed by atoms with E-state index < -0.39 is 8.07 Å². The third kappa shape index (κ3) is 4.92. The first-order valence-electron chi connectivity index (χ1n) is 20.1. The summed E-state index contributed by atoms with van der Waals surface area (Å²) in [5, 5.41) is 12.7. The third-order valence-corrected chi connectivity index (χ3v) is 17.4. The molecule has 4 heteroatoms. The second-order valence-corrected chi connectivity index (χ2v) is 19.4. The van der Waals surface area contributed by atoms with Gasteiger partial charge in [-0.25, -0.2) is 0 Å². The summed E-state index contributed by atoms with van der Waals surface area (Å²) in [6.45, 7) is 0. The smallest absolute Gasteiger partial charge is 0.175 e. The minimum atomic E-state index is -2.64. The van der Waals surface area contributed by atoms with Crippen LogP contribution >= 0.6 is 0 Å². The van der Waals surface area contributed by atoms with Crippen LogP contribution < -0.4 is 15.6 Å². The van der Waals surface area contributed by atoms with Crippen LogP contribution in [0.4, 0.5) is 0 Å². The minimum Gasteiger partial charge on any atom is -0.456 e. The van der Waals surface area contributed by atoms with E-state index >= 15 is 0 Å². The van der Waals surface area contributed by atoms with Crippen LogP contribution in [0.2, 0.25) is 0 Å². The van der Waals surface area contributed by atoms with E-state index in [2.05, 4.69) is 193 Å². The second-order valence-electron chi connectivity index (χ2n) is 15.5. The summed E-state index contributed by atoms with van der Waals surface area (Å²) < 4.78 is 15.2. The van der Waals surface area contributed by atoms with Crippen molar-refractivity contribution in [3.8, 4) is 16.8 Å². The average Bonchev–Trinajstić information content (AvgIpc) is 3.96. The number of rotatable bonds is 6. The van der Waals surface area contributed by atoms with Crippen molar-refractivity contribution in [3.05, 3.63) is 205 Å². The molecule has 3 aromatic heterocycles. The molecule has 274 valence electrons. The lowest BCUT2D eigenvalue weighted by atomic mass is 10.0. The van der Waals surface area contributed by atoms with E-state index in [4.69, 9.17) is 8.83 Å². The molecule has 0 saturated heterocycles. The third-order valence-electron chi connectivity index (χ3n) is 12.4. The molecule has 0 radical (unpaired) electrons. The number of nitrogens with zero attached hydrogens (tertiary/aromatic N) is 1. The Morgan fingerprint density at radius 2 is 0.983 bits per heavy atom. The molecule has 1 aliphatic rings. The van der Waals surface area contributed by atoms with Gasteiger partial charge in [0, 0.05) is 38.0 Å². The maximum Gasteiger partial charge on any atom is 0.175 e. The van der Waals surface area contributed by atoms with Crippen LogP contribution in [-0.4, -0.2) is 12.6 Å². The average molecular weight is 760 g/mol. The standard InChI is InChI=1S/C54H37NO2Si/c1-4-14-39(15-5-1)58(40-16-6-2-7-17-40,41-18-8-3-9-19-41)42-27-31-54-48(35-42)47-34-38(26-30-53(47)57-54)55-49-22-12-10-20-43(49)45-32-36(24-28-50(45)55)37-25-29-52-46(33-37)44-21-11-13-23-51(44)56-52/h1-8,10-18,20-35H,9,19H2. The number of furan rings is 2. The van der Waals surface area contributed by atoms with Crippen LogP contribution in [0.5, 0.6) is 0 Å². The molecule has 0 fully saturated rings. The molecule has 0 saturated carbocycles. The van der Waals surface area contributed by atoms with E-state index in [0.717, 1.165) is 62.4 Å². The first kappa shape index (κ1) is 33.0. The van der Waals surface area contributed by atoms with Crippen LogP contribution in [0.1, 0.15) is 12.8 Å².